The normalized spacial score (nSPS) is 22.9. The summed E-state index contributed by atoms with van der Waals surface area (Å²) < 4.78 is 28.2. The van der Waals surface area contributed by atoms with Crippen molar-refractivity contribution in [2.24, 2.45) is 0 Å². The van der Waals surface area contributed by atoms with Crippen LogP contribution in [0, 0.1) is 6.92 Å². The Hall–Kier alpha value is -0.910. The Bertz CT molecular complexity index is 565. The first-order chi connectivity index (χ1) is 10.5. The van der Waals surface area contributed by atoms with Gasteiger partial charge in [0.05, 0.1) is 4.90 Å². The van der Waals surface area contributed by atoms with Crippen molar-refractivity contribution < 1.29 is 8.42 Å². The molecule has 0 radical (unpaired) electrons. The van der Waals surface area contributed by atoms with Crippen molar-refractivity contribution in [3.8, 4) is 0 Å². The van der Waals surface area contributed by atoms with E-state index in [9.17, 15) is 8.42 Å². The van der Waals surface area contributed by atoms with E-state index in [2.05, 4.69) is 23.5 Å². The van der Waals surface area contributed by atoms with Gasteiger partial charge in [-0.2, -0.15) is 0 Å². The Balaban J connectivity index is 2.17. The molecule has 1 N–H and O–H groups in total. The Morgan fingerprint density at radius 3 is 2.27 bits per heavy atom. The summed E-state index contributed by atoms with van der Waals surface area (Å²) in [5.74, 6) is 0. The third-order valence-electron chi connectivity index (χ3n) is 4.65. The van der Waals surface area contributed by atoms with Gasteiger partial charge < -0.3 is 0 Å². The van der Waals surface area contributed by atoms with Crippen LogP contribution in [0.4, 0.5) is 0 Å². The zero-order valence-electron chi connectivity index (χ0n) is 13.9. The second kappa shape index (κ2) is 7.57. The fourth-order valence-corrected chi connectivity index (χ4v) is 4.67. The van der Waals surface area contributed by atoms with Crippen molar-refractivity contribution in [1.82, 2.24) is 9.62 Å². The molecule has 0 bridgehead atoms. The van der Waals surface area contributed by atoms with Crippen molar-refractivity contribution in [2.75, 3.05) is 13.1 Å². The number of hydrogen-bond donors (Lipinski definition) is 1. The predicted octanol–water partition coefficient (Wildman–Crippen LogP) is 2.93. The molecule has 0 aliphatic heterocycles. The number of hydrogen-bond acceptors (Lipinski definition) is 3. The van der Waals surface area contributed by atoms with Crippen molar-refractivity contribution in [2.45, 2.75) is 63.4 Å². The molecule has 0 saturated heterocycles. The molecule has 1 aliphatic carbocycles. The Morgan fingerprint density at radius 2 is 1.68 bits per heavy atom. The number of likely N-dealkylation sites (N-methyl/N-ethyl adjacent to an activating group) is 1. The summed E-state index contributed by atoms with van der Waals surface area (Å²) in [5, 5.41) is 0. The number of benzene rings is 1. The van der Waals surface area contributed by atoms with Gasteiger partial charge in [0.2, 0.25) is 10.0 Å². The minimum absolute atomic E-state index is 0.0138. The Labute approximate surface area is 135 Å². The van der Waals surface area contributed by atoms with Crippen LogP contribution in [0.5, 0.6) is 0 Å². The van der Waals surface area contributed by atoms with Gasteiger partial charge in [0, 0.05) is 12.1 Å². The maximum Gasteiger partial charge on any atom is 0.240 e. The van der Waals surface area contributed by atoms with Crippen LogP contribution >= 0.6 is 0 Å². The van der Waals surface area contributed by atoms with Crippen LogP contribution in [0.2, 0.25) is 0 Å². The molecule has 1 fully saturated rings. The number of nitrogens with zero attached hydrogens (tertiary/aromatic N) is 1. The fourth-order valence-electron chi connectivity index (χ4n) is 3.36. The van der Waals surface area contributed by atoms with Gasteiger partial charge in [-0.1, -0.05) is 44.4 Å². The van der Waals surface area contributed by atoms with E-state index >= 15 is 0 Å². The summed E-state index contributed by atoms with van der Waals surface area (Å²) in [6, 6.07) is 7.39. The first-order valence-corrected chi connectivity index (χ1v) is 9.79. The van der Waals surface area contributed by atoms with E-state index in [0.717, 1.165) is 37.9 Å². The van der Waals surface area contributed by atoms with Gasteiger partial charge in [0.1, 0.15) is 0 Å². The molecule has 124 valence electrons. The summed E-state index contributed by atoms with van der Waals surface area (Å²) >= 11 is 0. The lowest BCUT2D eigenvalue weighted by Gasteiger charge is -2.39. The molecule has 2 rings (SSSR count). The second-order valence-corrected chi connectivity index (χ2v) is 7.83. The molecule has 1 aliphatic rings. The minimum atomic E-state index is -3.44. The molecule has 1 saturated carbocycles. The minimum Gasteiger partial charge on any atom is -0.299 e. The smallest absolute Gasteiger partial charge is 0.240 e. The summed E-state index contributed by atoms with van der Waals surface area (Å²) in [4.78, 5) is 2.74. The fraction of sp³-hybridized carbons (Fsp3) is 0.647. The van der Waals surface area contributed by atoms with Crippen molar-refractivity contribution in [3.63, 3.8) is 0 Å². The average molecular weight is 324 g/mol. The number of rotatable bonds is 6. The van der Waals surface area contributed by atoms with E-state index in [1.807, 2.05) is 19.1 Å². The largest absolute Gasteiger partial charge is 0.299 e. The van der Waals surface area contributed by atoms with Gasteiger partial charge in [-0.3, -0.25) is 4.90 Å². The third kappa shape index (κ3) is 4.09. The Kier molecular flexibility index (Phi) is 6.01. The molecule has 2 atom stereocenters. The molecule has 0 unspecified atom stereocenters. The first-order valence-electron chi connectivity index (χ1n) is 8.31. The first kappa shape index (κ1) is 17.4. The molecule has 4 nitrogen and oxygen atoms in total. The van der Waals surface area contributed by atoms with E-state index < -0.39 is 10.0 Å². The molecular formula is C17H28N2O2S. The van der Waals surface area contributed by atoms with Crippen molar-refractivity contribution >= 4 is 10.0 Å². The van der Waals surface area contributed by atoms with Crippen LogP contribution in [0.15, 0.2) is 29.2 Å². The van der Waals surface area contributed by atoms with Crippen LogP contribution in [0.25, 0.3) is 0 Å². The highest BCUT2D eigenvalue weighted by Gasteiger charge is 2.32. The van der Waals surface area contributed by atoms with Gasteiger partial charge in [0.25, 0.3) is 0 Å². The highest BCUT2D eigenvalue weighted by atomic mass is 32.2. The van der Waals surface area contributed by atoms with E-state index in [-0.39, 0.29) is 6.04 Å². The second-order valence-electron chi connectivity index (χ2n) is 6.11. The third-order valence-corrected chi connectivity index (χ3v) is 6.15. The van der Waals surface area contributed by atoms with Crippen LogP contribution in [0.1, 0.15) is 45.1 Å². The highest BCUT2D eigenvalue weighted by molar-refractivity contribution is 7.89. The SMILES string of the molecule is CCN(CC)[C@H]1CCCC[C@@H]1NS(=O)(=O)c1ccc(C)cc1. The summed E-state index contributed by atoms with van der Waals surface area (Å²) in [7, 11) is -3.44. The molecule has 0 aromatic heterocycles. The average Bonchev–Trinajstić information content (AvgIpc) is 2.50. The monoisotopic (exact) mass is 324 g/mol. The van der Waals surface area contributed by atoms with Crippen LogP contribution < -0.4 is 4.72 Å². The highest BCUT2D eigenvalue weighted by Crippen LogP contribution is 2.25. The molecule has 1 aromatic rings. The van der Waals surface area contributed by atoms with Gasteiger partial charge in [-0.05, 0) is 45.0 Å². The lowest BCUT2D eigenvalue weighted by atomic mass is 9.90. The lowest BCUT2D eigenvalue weighted by molar-refractivity contribution is 0.144. The molecular weight excluding hydrogens is 296 g/mol. The van der Waals surface area contributed by atoms with E-state index in [1.54, 1.807) is 12.1 Å². The molecule has 0 amide bonds. The van der Waals surface area contributed by atoms with Crippen LogP contribution in [-0.4, -0.2) is 38.5 Å². The van der Waals surface area contributed by atoms with Gasteiger partial charge in [-0.15, -0.1) is 0 Å². The topological polar surface area (TPSA) is 49.4 Å². The predicted molar refractivity (Wildman–Crippen MR) is 90.5 cm³/mol. The number of nitrogens with one attached hydrogen (secondary N) is 1. The molecule has 1 aromatic carbocycles. The Morgan fingerprint density at radius 1 is 1.09 bits per heavy atom. The molecule has 0 heterocycles. The van der Waals surface area contributed by atoms with Crippen molar-refractivity contribution in [3.05, 3.63) is 29.8 Å². The summed E-state index contributed by atoms with van der Waals surface area (Å²) in [6.07, 6.45) is 4.28. The van der Waals surface area contributed by atoms with Gasteiger partial charge in [-0.25, -0.2) is 13.1 Å². The summed E-state index contributed by atoms with van der Waals surface area (Å²) in [6.45, 7) is 8.17. The number of aryl methyl sites for hydroxylation is 1. The lowest BCUT2D eigenvalue weighted by Crippen LogP contribution is -2.53. The van der Waals surface area contributed by atoms with E-state index in [1.165, 1.54) is 6.42 Å². The van der Waals surface area contributed by atoms with Gasteiger partial charge in [0.15, 0.2) is 0 Å². The van der Waals surface area contributed by atoms with Crippen LogP contribution in [-0.2, 0) is 10.0 Å². The van der Waals surface area contributed by atoms with Crippen molar-refractivity contribution in [1.29, 1.82) is 0 Å². The molecule has 5 heteroatoms. The maximum atomic E-state index is 12.6. The zero-order chi connectivity index (χ0) is 16.2. The molecule has 0 spiro atoms. The van der Waals surface area contributed by atoms with E-state index in [0.29, 0.717) is 10.9 Å². The maximum absolute atomic E-state index is 12.6. The van der Waals surface area contributed by atoms with E-state index in [4.69, 9.17) is 0 Å². The summed E-state index contributed by atoms with van der Waals surface area (Å²) in [5.41, 5.74) is 1.07. The molecule has 22 heavy (non-hydrogen) atoms. The number of sulfonamides is 1. The zero-order valence-corrected chi connectivity index (χ0v) is 14.7. The standard InChI is InChI=1S/C17H28N2O2S/c1-4-19(5-2)17-9-7-6-8-16(17)18-22(20,21)15-12-10-14(3)11-13-15/h10-13,16-18H,4-9H2,1-3H3/t16-,17-/m0/s1. The van der Waals surface area contributed by atoms with Gasteiger partial charge >= 0.3 is 0 Å². The van der Waals surface area contributed by atoms with Crippen LogP contribution in [0.3, 0.4) is 0 Å². The quantitative estimate of drug-likeness (QED) is 0.875.